The number of carbonyl (C=O) groups excluding carboxylic acids is 1. The van der Waals surface area contributed by atoms with E-state index in [9.17, 15) is 4.79 Å². The van der Waals surface area contributed by atoms with E-state index in [2.05, 4.69) is 5.32 Å². The zero-order valence-electron chi connectivity index (χ0n) is 8.50. The summed E-state index contributed by atoms with van der Waals surface area (Å²) in [5.41, 5.74) is 0.531. The molecule has 1 aliphatic rings. The summed E-state index contributed by atoms with van der Waals surface area (Å²) in [4.78, 5) is 12.0. The second-order valence-electron chi connectivity index (χ2n) is 3.56. The third-order valence-corrected chi connectivity index (χ3v) is 3.16. The molecular weight excluding hydrogens is 249 g/mol. The van der Waals surface area contributed by atoms with Gasteiger partial charge in [-0.3, -0.25) is 4.79 Å². The van der Waals surface area contributed by atoms with Crippen molar-refractivity contribution >= 4 is 29.0 Å². The minimum atomic E-state index is -0.425. The van der Waals surface area contributed by atoms with Crippen molar-refractivity contribution in [3.05, 3.63) is 33.8 Å². The largest absolute Gasteiger partial charge is 0.367 e. The number of carbonyl (C=O) groups is 1. The van der Waals surface area contributed by atoms with E-state index in [1.54, 1.807) is 18.2 Å². The molecule has 1 saturated heterocycles. The van der Waals surface area contributed by atoms with Gasteiger partial charge in [-0.25, -0.2) is 0 Å². The van der Waals surface area contributed by atoms with Gasteiger partial charge in [0.15, 0.2) is 5.78 Å². The monoisotopic (exact) mass is 259 g/mol. The summed E-state index contributed by atoms with van der Waals surface area (Å²) >= 11 is 11.6. The Kier molecular flexibility index (Phi) is 3.82. The number of ketones is 1. The van der Waals surface area contributed by atoms with Crippen molar-refractivity contribution in [1.29, 1.82) is 0 Å². The number of hydrogen-bond acceptors (Lipinski definition) is 3. The molecule has 1 unspecified atom stereocenters. The van der Waals surface area contributed by atoms with Crippen molar-refractivity contribution in [2.75, 3.05) is 19.7 Å². The van der Waals surface area contributed by atoms with Gasteiger partial charge in [-0.2, -0.15) is 0 Å². The van der Waals surface area contributed by atoms with Crippen LogP contribution in [0.4, 0.5) is 0 Å². The Morgan fingerprint density at radius 3 is 2.81 bits per heavy atom. The van der Waals surface area contributed by atoms with E-state index in [-0.39, 0.29) is 5.78 Å². The zero-order chi connectivity index (χ0) is 11.5. The molecule has 0 saturated carbocycles. The first kappa shape index (κ1) is 11.9. The molecule has 1 fully saturated rings. The van der Waals surface area contributed by atoms with Gasteiger partial charge in [-0.1, -0.05) is 23.2 Å². The molecule has 1 aliphatic heterocycles. The molecule has 1 atom stereocenters. The number of halogens is 2. The lowest BCUT2D eigenvalue weighted by Gasteiger charge is -2.22. The van der Waals surface area contributed by atoms with E-state index in [0.29, 0.717) is 28.8 Å². The van der Waals surface area contributed by atoms with E-state index in [4.69, 9.17) is 27.9 Å². The van der Waals surface area contributed by atoms with Crippen LogP contribution in [-0.4, -0.2) is 31.6 Å². The summed E-state index contributed by atoms with van der Waals surface area (Å²) < 4.78 is 5.38. The number of nitrogens with one attached hydrogen (secondary N) is 1. The van der Waals surface area contributed by atoms with Crippen molar-refractivity contribution in [1.82, 2.24) is 5.32 Å². The standard InChI is InChI=1S/C11H11Cl2NO2/c12-8-2-1-7(5-9(8)13)11(15)10-6-14-3-4-16-10/h1-2,5,10,14H,3-4,6H2. The van der Waals surface area contributed by atoms with Crippen molar-refractivity contribution in [2.24, 2.45) is 0 Å². The SMILES string of the molecule is O=C(c1ccc(Cl)c(Cl)c1)C1CNCCO1. The Morgan fingerprint density at radius 2 is 2.19 bits per heavy atom. The summed E-state index contributed by atoms with van der Waals surface area (Å²) in [5, 5.41) is 3.94. The fraction of sp³-hybridized carbons (Fsp3) is 0.364. The molecule has 5 heteroatoms. The summed E-state index contributed by atoms with van der Waals surface area (Å²) in [6.07, 6.45) is -0.425. The molecule has 0 spiro atoms. The molecule has 2 rings (SSSR count). The van der Waals surface area contributed by atoms with Crippen LogP contribution >= 0.6 is 23.2 Å². The highest BCUT2D eigenvalue weighted by Crippen LogP contribution is 2.23. The molecule has 0 aromatic heterocycles. The van der Waals surface area contributed by atoms with Gasteiger partial charge in [0.25, 0.3) is 0 Å². The van der Waals surface area contributed by atoms with E-state index in [1.165, 1.54) is 0 Å². The molecule has 1 N–H and O–H groups in total. The maximum absolute atomic E-state index is 12.0. The molecule has 0 radical (unpaired) electrons. The van der Waals surface area contributed by atoms with E-state index >= 15 is 0 Å². The first-order valence-electron chi connectivity index (χ1n) is 5.00. The number of morpholine rings is 1. The third kappa shape index (κ3) is 2.55. The fourth-order valence-electron chi connectivity index (χ4n) is 1.57. The average Bonchev–Trinajstić information content (AvgIpc) is 2.33. The Bertz CT molecular complexity index is 403. The highest BCUT2D eigenvalue weighted by molar-refractivity contribution is 6.42. The van der Waals surface area contributed by atoms with Gasteiger partial charge < -0.3 is 10.1 Å². The zero-order valence-corrected chi connectivity index (χ0v) is 10.0. The van der Waals surface area contributed by atoms with Crippen LogP contribution in [0.3, 0.4) is 0 Å². The van der Waals surface area contributed by atoms with Crippen LogP contribution in [0.5, 0.6) is 0 Å². The van der Waals surface area contributed by atoms with Gasteiger partial charge in [0.1, 0.15) is 6.10 Å². The summed E-state index contributed by atoms with van der Waals surface area (Å²) in [7, 11) is 0. The van der Waals surface area contributed by atoms with Crippen LogP contribution in [0, 0.1) is 0 Å². The molecule has 1 aromatic carbocycles. The topological polar surface area (TPSA) is 38.3 Å². The second kappa shape index (κ2) is 5.15. The van der Waals surface area contributed by atoms with Crippen molar-refractivity contribution < 1.29 is 9.53 Å². The predicted octanol–water partition coefficient (Wildman–Crippen LogP) is 2.16. The third-order valence-electron chi connectivity index (χ3n) is 2.42. The van der Waals surface area contributed by atoms with Crippen LogP contribution in [0.25, 0.3) is 0 Å². The lowest BCUT2D eigenvalue weighted by atomic mass is 10.1. The fourth-order valence-corrected chi connectivity index (χ4v) is 1.87. The minimum Gasteiger partial charge on any atom is -0.367 e. The molecule has 1 heterocycles. The first-order chi connectivity index (χ1) is 7.68. The highest BCUT2D eigenvalue weighted by atomic mass is 35.5. The highest BCUT2D eigenvalue weighted by Gasteiger charge is 2.23. The summed E-state index contributed by atoms with van der Waals surface area (Å²) in [6.45, 7) is 1.88. The molecule has 1 aromatic rings. The van der Waals surface area contributed by atoms with Gasteiger partial charge in [-0.15, -0.1) is 0 Å². The maximum Gasteiger partial charge on any atom is 0.192 e. The van der Waals surface area contributed by atoms with E-state index in [1.807, 2.05) is 0 Å². The van der Waals surface area contributed by atoms with Crippen LogP contribution in [-0.2, 0) is 4.74 Å². The maximum atomic E-state index is 12.0. The van der Waals surface area contributed by atoms with E-state index < -0.39 is 6.10 Å². The molecule has 0 bridgehead atoms. The molecule has 16 heavy (non-hydrogen) atoms. The predicted molar refractivity (Wildman–Crippen MR) is 63.4 cm³/mol. The second-order valence-corrected chi connectivity index (χ2v) is 4.37. The Hall–Kier alpha value is -0.610. The number of hydrogen-bond donors (Lipinski definition) is 1. The quantitative estimate of drug-likeness (QED) is 0.828. The Balaban J connectivity index is 2.16. The Morgan fingerprint density at radius 1 is 1.38 bits per heavy atom. The molecular formula is C11H11Cl2NO2. The number of Topliss-reactive ketones (excluding diaryl/α,β-unsaturated/α-hetero) is 1. The minimum absolute atomic E-state index is 0.0641. The van der Waals surface area contributed by atoms with Crippen LogP contribution < -0.4 is 5.32 Å². The van der Waals surface area contributed by atoms with E-state index in [0.717, 1.165) is 6.54 Å². The summed E-state index contributed by atoms with van der Waals surface area (Å²) in [6, 6.07) is 4.85. The average molecular weight is 260 g/mol. The van der Waals surface area contributed by atoms with Gasteiger partial charge in [-0.05, 0) is 18.2 Å². The number of benzene rings is 1. The summed E-state index contributed by atoms with van der Waals surface area (Å²) in [5.74, 6) is -0.0641. The molecule has 0 amide bonds. The van der Waals surface area contributed by atoms with Gasteiger partial charge in [0.2, 0.25) is 0 Å². The van der Waals surface area contributed by atoms with Crippen LogP contribution in [0.15, 0.2) is 18.2 Å². The molecule has 3 nitrogen and oxygen atoms in total. The Labute approximate surface area is 104 Å². The van der Waals surface area contributed by atoms with Gasteiger partial charge in [0.05, 0.1) is 16.7 Å². The van der Waals surface area contributed by atoms with Gasteiger partial charge >= 0.3 is 0 Å². The first-order valence-corrected chi connectivity index (χ1v) is 5.75. The van der Waals surface area contributed by atoms with Crippen LogP contribution in [0.2, 0.25) is 10.0 Å². The van der Waals surface area contributed by atoms with Crippen molar-refractivity contribution in [2.45, 2.75) is 6.10 Å². The van der Waals surface area contributed by atoms with Crippen molar-refractivity contribution in [3.63, 3.8) is 0 Å². The number of ether oxygens (including phenoxy) is 1. The molecule has 86 valence electrons. The number of rotatable bonds is 2. The smallest absolute Gasteiger partial charge is 0.192 e. The van der Waals surface area contributed by atoms with Crippen molar-refractivity contribution in [3.8, 4) is 0 Å². The van der Waals surface area contributed by atoms with Crippen LogP contribution in [0.1, 0.15) is 10.4 Å². The molecule has 0 aliphatic carbocycles. The lowest BCUT2D eigenvalue weighted by Crippen LogP contribution is -2.43. The van der Waals surface area contributed by atoms with Gasteiger partial charge in [0, 0.05) is 18.7 Å². The normalized spacial score (nSPS) is 20.8. The lowest BCUT2D eigenvalue weighted by molar-refractivity contribution is 0.0269.